The monoisotopic (exact) mass is 423 g/mol. The molecule has 1 saturated heterocycles. The smallest absolute Gasteiger partial charge is 0.224 e. The summed E-state index contributed by atoms with van der Waals surface area (Å²) in [6, 6.07) is 12.0. The summed E-state index contributed by atoms with van der Waals surface area (Å²) in [5.74, 6) is -1.24. The second-order valence-electron chi connectivity index (χ2n) is 6.81. The lowest BCUT2D eigenvalue weighted by molar-refractivity contribution is -0.120. The van der Waals surface area contributed by atoms with Crippen LogP contribution in [0.3, 0.4) is 0 Å². The van der Waals surface area contributed by atoms with Gasteiger partial charge in [0.1, 0.15) is 11.6 Å². The molecule has 6 nitrogen and oxygen atoms in total. The molecule has 1 fully saturated rings. The quantitative estimate of drug-likeness (QED) is 0.737. The van der Waals surface area contributed by atoms with E-state index in [9.17, 15) is 22.0 Å². The summed E-state index contributed by atoms with van der Waals surface area (Å²) in [6.07, 6.45) is 0.0572. The number of carbonyl (C=O) groups is 1. The van der Waals surface area contributed by atoms with E-state index < -0.39 is 10.0 Å². The van der Waals surface area contributed by atoms with Crippen molar-refractivity contribution in [3.8, 4) is 0 Å². The standard InChI is InChI=1S/C20H23F2N3O3S/c21-17-7-5-16(6-8-17)15-20(26)23-9-14-29(27,28)25-12-10-24(11-13-25)19-4-2-1-3-18(19)22/h1-8H,9-15H2,(H,23,26). The molecule has 9 heteroatoms. The molecule has 0 spiro atoms. The van der Waals surface area contributed by atoms with Gasteiger partial charge in [-0.2, -0.15) is 4.31 Å². The van der Waals surface area contributed by atoms with E-state index in [0.29, 0.717) is 24.3 Å². The van der Waals surface area contributed by atoms with E-state index in [1.54, 1.807) is 18.2 Å². The highest BCUT2D eigenvalue weighted by atomic mass is 32.2. The molecule has 0 aliphatic carbocycles. The minimum absolute atomic E-state index is 0.00408. The molecule has 156 valence electrons. The summed E-state index contributed by atoms with van der Waals surface area (Å²) in [5.41, 5.74) is 1.12. The number of nitrogens with one attached hydrogen (secondary N) is 1. The molecule has 0 saturated carbocycles. The number of hydrogen-bond donors (Lipinski definition) is 1. The fraction of sp³-hybridized carbons (Fsp3) is 0.350. The molecule has 0 unspecified atom stereocenters. The maximum atomic E-state index is 13.9. The van der Waals surface area contributed by atoms with E-state index in [1.807, 2.05) is 4.90 Å². The molecule has 3 rings (SSSR count). The highest BCUT2D eigenvalue weighted by Gasteiger charge is 2.27. The van der Waals surface area contributed by atoms with Gasteiger partial charge in [0.05, 0.1) is 17.9 Å². The van der Waals surface area contributed by atoms with Crippen LogP contribution in [-0.2, 0) is 21.2 Å². The maximum Gasteiger partial charge on any atom is 0.224 e. The van der Waals surface area contributed by atoms with Crippen molar-refractivity contribution >= 4 is 21.6 Å². The summed E-state index contributed by atoms with van der Waals surface area (Å²) in [4.78, 5) is 13.8. The van der Waals surface area contributed by atoms with E-state index in [1.165, 1.54) is 34.6 Å². The van der Waals surface area contributed by atoms with Crippen LogP contribution in [0.15, 0.2) is 48.5 Å². The predicted octanol–water partition coefficient (Wildman–Crippen LogP) is 1.78. The van der Waals surface area contributed by atoms with Crippen molar-refractivity contribution in [1.29, 1.82) is 0 Å². The summed E-state index contributed by atoms with van der Waals surface area (Å²) in [5, 5.41) is 2.58. The Morgan fingerprint density at radius 3 is 2.28 bits per heavy atom. The molecule has 1 N–H and O–H groups in total. The predicted molar refractivity (Wildman–Crippen MR) is 107 cm³/mol. The first-order valence-electron chi connectivity index (χ1n) is 9.33. The lowest BCUT2D eigenvalue weighted by Crippen LogP contribution is -2.50. The number of carbonyl (C=O) groups excluding carboxylic acids is 1. The zero-order valence-electron chi connectivity index (χ0n) is 15.9. The molecule has 2 aromatic rings. The van der Waals surface area contributed by atoms with Gasteiger partial charge in [-0.25, -0.2) is 17.2 Å². The van der Waals surface area contributed by atoms with Gasteiger partial charge in [0.15, 0.2) is 0 Å². The van der Waals surface area contributed by atoms with Crippen LogP contribution in [0.1, 0.15) is 5.56 Å². The first-order chi connectivity index (χ1) is 13.8. The fourth-order valence-corrected chi connectivity index (χ4v) is 4.55. The Hall–Kier alpha value is -2.52. The number of hydrogen-bond acceptors (Lipinski definition) is 4. The van der Waals surface area contributed by atoms with Crippen LogP contribution in [-0.4, -0.2) is 57.1 Å². The van der Waals surface area contributed by atoms with Gasteiger partial charge < -0.3 is 10.2 Å². The molecule has 0 atom stereocenters. The number of anilines is 1. The molecular formula is C20H23F2N3O3S. The second-order valence-corrected chi connectivity index (χ2v) is 8.90. The summed E-state index contributed by atoms with van der Waals surface area (Å²) < 4.78 is 53.2. The third-order valence-electron chi connectivity index (χ3n) is 4.79. The van der Waals surface area contributed by atoms with Crippen molar-refractivity contribution in [3.05, 3.63) is 65.7 Å². The van der Waals surface area contributed by atoms with E-state index in [0.717, 1.165) is 0 Å². The number of rotatable bonds is 7. The Labute approximate surface area is 169 Å². The van der Waals surface area contributed by atoms with Gasteiger partial charge in [-0.3, -0.25) is 4.79 Å². The van der Waals surface area contributed by atoms with Crippen molar-refractivity contribution in [2.45, 2.75) is 6.42 Å². The number of amides is 1. The summed E-state index contributed by atoms with van der Waals surface area (Å²) in [6.45, 7) is 1.32. The topological polar surface area (TPSA) is 69.7 Å². The number of sulfonamides is 1. The van der Waals surface area contributed by atoms with Crippen molar-refractivity contribution in [2.75, 3.05) is 43.4 Å². The van der Waals surface area contributed by atoms with E-state index in [2.05, 4.69) is 5.32 Å². The molecule has 0 bridgehead atoms. The van der Waals surface area contributed by atoms with Gasteiger partial charge >= 0.3 is 0 Å². The first kappa shape index (κ1) is 21.2. The molecule has 1 aliphatic heterocycles. The zero-order chi connectivity index (χ0) is 20.9. The lowest BCUT2D eigenvalue weighted by atomic mass is 10.1. The van der Waals surface area contributed by atoms with Crippen LogP contribution in [0.2, 0.25) is 0 Å². The van der Waals surface area contributed by atoms with E-state index >= 15 is 0 Å². The molecular weight excluding hydrogens is 400 g/mol. The SMILES string of the molecule is O=C(Cc1ccc(F)cc1)NCCS(=O)(=O)N1CCN(c2ccccc2F)CC1. The van der Waals surface area contributed by atoms with Crippen molar-refractivity contribution in [3.63, 3.8) is 0 Å². The molecule has 1 heterocycles. The van der Waals surface area contributed by atoms with Crippen LogP contribution < -0.4 is 10.2 Å². The average molecular weight is 423 g/mol. The minimum atomic E-state index is -3.52. The highest BCUT2D eigenvalue weighted by Crippen LogP contribution is 2.21. The van der Waals surface area contributed by atoms with Crippen LogP contribution in [0.25, 0.3) is 0 Å². The fourth-order valence-electron chi connectivity index (χ4n) is 3.21. The second kappa shape index (κ2) is 9.32. The lowest BCUT2D eigenvalue weighted by Gasteiger charge is -2.35. The Balaban J connectivity index is 1.45. The van der Waals surface area contributed by atoms with Gasteiger partial charge in [-0.15, -0.1) is 0 Å². The Morgan fingerprint density at radius 2 is 1.62 bits per heavy atom. The molecule has 0 radical (unpaired) electrons. The van der Waals surface area contributed by atoms with Gasteiger partial charge in [0, 0.05) is 32.7 Å². The minimum Gasteiger partial charge on any atom is -0.367 e. The van der Waals surface area contributed by atoms with Crippen LogP contribution >= 0.6 is 0 Å². The Bertz CT molecular complexity index is 944. The van der Waals surface area contributed by atoms with Gasteiger partial charge in [0.25, 0.3) is 0 Å². The zero-order valence-corrected chi connectivity index (χ0v) is 16.7. The van der Waals surface area contributed by atoms with Gasteiger partial charge in [-0.05, 0) is 29.8 Å². The third-order valence-corrected chi connectivity index (χ3v) is 6.66. The molecule has 1 aliphatic rings. The van der Waals surface area contributed by atoms with Crippen LogP contribution in [0.4, 0.5) is 14.5 Å². The first-order valence-corrected chi connectivity index (χ1v) is 10.9. The summed E-state index contributed by atoms with van der Waals surface area (Å²) in [7, 11) is -3.52. The number of piperazine rings is 1. The Morgan fingerprint density at radius 1 is 0.966 bits per heavy atom. The molecule has 0 aromatic heterocycles. The summed E-state index contributed by atoms with van der Waals surface area (Å²) >= 11 is 0. The number of para-hydroxylation sites is 1. The Kier molecular flexibility index (Phi) is 6.81. The van der Waals surface area contributed by atoms with Crippen LogP contribution in [0.5, 0.6) is 0 Å². The van der Waals surface area contributed by atoms with Crippen molar-refractivity contribution < 1.29 is 22.0 Å². The van der Waals surface area contributed by atoms with E-state index in [4.69, 9.17) is 0 Å². The maximum absolute atomic E-state index is 13.9. The largest absolute Gasteiger partial charge is 0.367 e. The van der Waals surface area contributed by atoms with Gasteiger partial charge in [0.2, 0.25) is 15.9 Å². The molecule has 29 heavy (non-hydrogen) atoms. The average Bonchev–Trinajstić information content (AvgIpc) is 2.70. The van der Waals surface area contributed by atoms with Crippen molar-refractivity contribution in [1.82, 2.24) is 9.62 Å². The third kappa shape index (κ3) is 5.74. The van der Waals surface area contributed by atoms with Crippen LogP contribution in [0, 0.1) is 11.6 Å². The molecule has 2 aromatic carbocycles. The van der Waals surface area contributed by atoms with E-state index in [-0.39, 0.29) is 49.3 Å². The number of nitrogens with zero attached hydrogens (tertiary/aromatic N) is 2. The molecule has 1 amide bonds. The van der Waals surface area contributed by atoms with Crippen molar-refractivity contribution in [2.24, 2.45) is 0 Å². The number of benzene rings is 2. The van der Waals surface area contributed by atoms with Gasteiger partial charge in [-0.1, -0.05) is 24.3 Å². The highest BCUT2D eigenvalue weighted by molar-refractivity contribution is 7.89. The number of halogens is 2. The normalized spacial score (nSPS) is 15.3.